The smallest absolute Gasteiger partial charge is 0.266 e. The molecule has 0 aliphatic rings. The SMILES string of the molecule is O=C(Cn1cc[n+](CC(=O)Nc2ccccc2O)c1)Nc1ccccc1O.[Cl-]. The van der Waals surface area contributed by atoms with Gasteiger partial charge >= 0.3 is 0 Å². The molecule has 28 heavy (non-hydrogen) atoms. The molecule has 0 fully saturated rings. The molecule has 0 radical (unpaired) electrons. The molecule has 2 aromatic carbocycles. The summed E-state index contributed by atoms with van der Waals surface area (Å²) in [7, 11) is 0. The number of amides is 2. The summed E-state index contributed by atoms with van der Waals surface area (Å²) < 4.78 is 3.23. The number of anilines is 2. The van der Waals surface area contributed by atoms with E-state index in [4.69, 9.17) is 0 Å². The zero-order valence-corrected chi connectivity index (χ0v) is 15.5. The lowest BCUT2D eigenvalue weighted by atomic mass is 10.3. The molecule has 0 aliphatic carbocycles. The molecule has 0 spiro atoms. The molecule has 9 heteroatoms. The van der Waals surface area contributed by atoms with Crippen molar-refractivity contribution >= 4 is 23.2 Å². The first-order valence-electron chi connectivity index (χ1n) is 8.22. The number of hydrogen-bond acceptors (Lipinski definition) is 4. The zero-order valence-electron chi connectivity index (χ0n) is 14.7. The van der Waals surface area contributed by atoms with Crippen molar-refractivity contribution < 1.29 is 36.8 Å². The average molecular weight is 403 g/mol. The minimum atomic E-state index is -0.307. The summed E-state index contributed by atoms with van der Waals surface area (Å²) in [6.07, 6.45) is 4.95. The standard InChI is InChI=1S/C19H18N4O4.ClH/c24-16-7-3-1-5-14(16)20-18(26)11-22-9-10-23(13-22)12-19(27)21-15-6-2-4-8-17(15)25;/h1-10,13H,11-12H2,(H3-,20,21,24,25,26,27);1H. The summed E-state index contributed by atoms with van der Waals surface area (Å²) in [6, 6.07) is 12.9. The second-order valence-electron chi connectivity index (χ2n) is 5.89. The highest BCUT2D eigenvalue weighted by Crippen LogP contribution is 2.22. The minimum Gasteiger partial charge on any atom is -1.00 e. The van der Waals surface area contributed by atoms with E-state index in [9.17, 15) is 19.8 Å². The summed E-state index contributed by atoms with van der Waals surface area (Å²) in [5.74, 6) is -0.626. The predicted molar refractivity (Wildman–Crippen MR) is 98.1 cm³/mol. The number of hydrogen-bond donors (Lipinski definition) is 4. The molecule has 0 aliphatic heterocycles. The molecule has 4 N–H and O–H groups in total. The number of aromatic hydroxyl groups is 2. The number of carbonyl (C=O) groups is 2. The second kappa shape index (κ2) is 9.43. The van der Waals surface area contributed by atoms with Crippen LogP contribution in [0.2, 0.25) is 0 Å². The summed E-state index contributed by atoms with van der Waals surface area (Å²) in [5, 5.41) is 24.6. The molecule has 1 heterocycles. The Morgan fingerprint density at radius 1 is 0.893 bits per heavy atom. The second-order valence-corrected chi connectivity index (χ2v) is 5.89. The van der Waals surface area contributed by atoms with E-state index in [0.29, 0.717) is 11.4 Å². The van der Waals surface area contributed by atoms with Gasteiger partial charge in [0.2, 0.25) is 6.33 Å². The molecule has 1 aromatic heterocycles. The Morgan fingerprint density at radius 3 is 2.00 bits per heavy atom. The summed E-state index contributed by atoms with van der Waals surface area (Å²) in [5.41, 5.74) is 0.675. The number of carbonyl (C=O) groups excluding carboxylic acids is 2. The van der Waals surface area contributed by atoms with Crippen LogP contribution in [0.5, 0.6) is 11.5 Å². The molecule has 8 nitrogen and oxygen atoms in total. The van der Waals surface area contributed by atoms with Crippen molar-refractivity contribution in [2.75, 3.05) is 10.6 Å². The third-order valence-electron chi connectivity index (χ3n) is 3.75. The van der Waals surface area contributed by atoms with Crippen molar-refractivity contribution in [1.82, 2.24) is 4.57 Å². The quantitative estimate of drug-likeness (QED) is 0.296. The van der Waals surface area contributed by atoms with Crippen molar-refractivity contribution in [1.29, 1.82) is 0 Å². The van der Waals surface area contributed by atoms with Crippen LogP contribution in [0.25, 0.3) is 0 Å². The molecule has 0 unspecified atom stereocenters. The van der Waals surface area contributed by atoms with Crippen LogP contribution in [-0.4, -0.2) is 26.6 Å². The highest BCUT2D eigenvalue weighted by Gasteiger charge is 2.14. The van der Waals surface area contributed by atoms with Gasteiger partial charge in [-0.05, 0) is 24.3 Å². The Labute approximate surface area is 167 Å². The summed E-state index contributed by atoms with van der Waals surface area (Å²) >= 11 is 0. The van der Waals surface area contributed by atoms with Gasteiger partial charge in [-0.3, -0.25) is 9.59 Å². The number of imidazole rings is 1. The average Bonchev–Trinajstić information content (AvgIpc) is 3.05. The van der Waals surface area contributed by atoms with E-state index in [1.165, 1.54) is 12.1 Å². The number of aromatic nitrogens is 2. The first-order chi connectivity index (χ1) is 13.0. The number of halogens is 1. The van der Waals surface area contributed by atoms with Gasteiger partial charge in [-0.15, -0.1) is 0 Å². The van der Waals surface area contributed by atoms with Gasteiger partial charge in [0.15, 0.2) is 13.1 Å². The van der Waals surface area contributed by atoms with Gasteiger partial charge in [0.05, 0.1) is 11.4 Å². The fraction of sp³-hybridized carbons (Fsp3) is 0.105. The van der Waals surface area contributed by atoms with Crippen LogP contribution < -0.4 is 27.6 Å². The third-order valence-corrected chi connectivity index (χ3v) is 3.75. The van der Waals surface area contributed by atoms with E-state index in [-0.39, 0.29) is 48.8 Å². The van der Waals surface area contributed by atoms with Crippen molar-refractivity contribution in [2.45, 2.75) is 13.1 Å². The van der Waals surface area contributed by atoms with Crippen molar-refractivity contribution in [2.24, 2.45) is 0 Å². The molecular weight excluding hydrogens is 384 g/mol. The number of nitrogens with zero attached hydrogens (tertiary/aromatic N) is 2. The molecular formula is C19H19ClN4O4. The van der Waals surface area contributed by atoms with Crippen LogP contribution in [0.4, 0.5) is 11.4 Å². The molecule has 3 rings (SSSR count). The van der Waals surface area contributed by atoms with Crippen LogP contribution in [0.3, 0.4) is 0 Å². The maximum atomic E-state index is 12.1. The normalized spacial score (nSPS) is 10.0. The van der Waals surface area contributed by atoms with E-state index >= 15 is 0 Å². The van der Waals surface area contributed by atoms with E-state index < -0.39 is 0 Å². The van der Waals surface area contributed by atoms with E-state index in [0.717, 1.165) is 0 Å². The molecule has 0 saturated heterocycles. The molecule has 2 amide bonds. The lowest BCUT2D eigenvalue weighted by molar-refractivity contribution is -0.683. The van der Waals surface area contributed by atoms with Gasteiger partial charge in [0, 0.05) is 0 Å². The fourth-order valence-electron chi connectivity index (χ4n) is 2.50. The van der Waals surface area contributed by atoms with E-state index in [1.807, 2.05) is 0 Å². The van der Waals surface area contributed by atoms with Crippen molar-refractivity contribution in [3.8, 4) is 11.5 Å². The highest BCUT2D eigenvalue weighted by molar-refractivity contribution is 5.92. The predicted octanol–water partition coefficient (Wildman–Crippen LogP) is -1.53. The largest absolute Gasteiger partial charge is 1.00 e. The Balaban J connectivity index is 0.00000280. The Morgan fingerprint density at radius 2 is 1.43 bits per heavy atom. The molecule has 146 valence electrons. The number of phenolic OH excluding ortho intramolecular Hbond substituents is 2. The maximum Gasteiger partial charge on any atom is 0.266 e. The van der Waals surface area contributed by atoms with Crippen molar-refractivity contribution in [3.63, 3.8) is 0 Å². The van der Waals surface area contributed by atoms with Crippen LogP contribution >= 0.6 is 0 Å². The fourth-order valence-corrected chi connectivity index (χ4v) is 2.50. The zero-order chi connectivity index (χ0) is 19.2. The van der Waals surface area contributed by atoms with Gasteiger partial charge in [-0.2, -0.15) is 0 Å². The van der Waals surface area contributed by atoms with Crippen LogP contribution in [-0.2, 0) is 22.7 Å². The topological polar surface area (TPSA) is 107 Å². The minimum absolute atomic E-state index is 0. The maximum absolute atomic E-state index is 12.1. The number of para-hydroxylation sites is 4. The molecule has 0 saturated carbocycles. The Kier molecular flexibility index (Phi) is 7.00. The summed E-state index contributed by atoms with van der Waals surface area (Å²) in [4.78, 5) is 24.2. The molecule has 0 bridgehead atoms. The van der Waals surface area contributed by atoms with Gasteiger partial charge in [-0.25, -0.2) is 9.13 Å². The summed E-state index contributed by atoms with van der Waals surface area (Å²) in [6.45, 7) is 0.0604. The lowest BCUT2D eigenvalue weighted by Gasteiger charge is -2.05. The van der Waals surface area contributed by atoms with E-state index in [2.05, 4.69) is 10.6 Å². The number of rotatable bonds is 6. The molecule has 0 atom stereocenters. The first kappa shape index (κ1) is 20.8. The van der Waals surface area contributed by atoms with Crippen LogP contribution in [0.1, 0.15) is 0 Å². The lowest BCUT2D eigenvalue weighted by Crippen LogP contribution is -3.00. The van der Waals surface area contributed by atoms with E-state index in [1.54, 1.807) is 64.3 Å². The Hall–Kier alpha value is -3.52. The Bertz CT molecular complexity index is 898. The monoisotopic (exact) mass is 402 g/mol. The highest BCUT2D eigenvalue weighted by atomic mass is 35.5. The van der Waals surface area contributed by atoms with Gasteiger partial charge in [0.25, 0.3) is 11.8 Å². The van der Waals surface area contributed by atoms with Crippen molar-refractivity contribution in [3.05, 3.63) is 67.3 Å². The van der Waals surface area contributed by atoms with Gasteiger partial charge < -0.3 is 33.3 Å². The van der Waals surface area contributed by atoms with Gasteiger partial charge in [0.1, 0.15) is 23.9 Å². The third kappa shape index (κ3) is 5.49. The molecule has 3 aromatic rings. The first-order valence-corrected chi connectivity index (χ1v) is 8.22. The number of nitrogens with one attached hydrogen (secondary N) is 2. The van der Waals surface area contributed by atoms with Crippen LogP contribution in [0.15, 0.2) is 67.3 Å². The van der Waals surface area contributed by atoms with Gasteiger partial charge in [-0.1, -0.05) is 24.3 Å². The van der Waals surface area contributed by atoms with Crippen LogP contribution in [0, 0.1) is 0 Å². The number of phenols is 2. The number of benzene rings is 2.